The molecule has 8 heteroatoms. The molecule has 0 aromatic carbocycles. The molecular formula is C2H11Cl3N2O2Ti. The van der Waals surface area contributed by atoms with Crippen molar-refractivity contribution in [2.24, 2.45) is 0 Å². The second-order valence-electron chi connectivity index (χ2n) is 0.492. The van der Waals surface area contributed by atoms with Crippen LogP contribution in [0.2, 0.25) is 0 Å². The summed E-state index contributed by atoms with van der Waals surface area (Å²) >= 11 is 0. The minimum absolute atomic E-state index is 0. The van der Waals surface area contributed by atoms with E-state index in [0.717, 1.165) is 6.92 Å². The van der Waals surface area contributed by atoms with Gasteiger partial charge in [-0.25, -0.2) is 0 Å². The van der Waals surface area contributed by atoms with Gasteiger partial charge in [-0.1, -0.05) is 0 Å². The Hall–Kier alpha value is 0.974. The van der Waals surface area contributed by atoms with E-state index in [1.54, 1.807) is 0 Å². The topological polar surface area (TPSA) is 113 Å². The van der Waals surface area contributed by atoms with Crippen LogP contribution in [0.3, 0.4) is 0 Å². The smallest absolute Gasteiger partial charge is 1.00 e. The number of hydrogen-bond donors (Lipinski definition) is 2. The van der Waals surface area contributed by atoms with Gasteiger partial charge in [0, 0.05) is 5.97 Å². The second kappa shape index (κ2) is 50.9. The molecule has 0 saturated heterocycles. The summed E-state index contributed by atoms with van der Waals surface area (Å²) in [6.45, 7) is 0.972. The number of rotatable bonds is 0. The van der Waals surface area contributed by atoms with Crippen LogP contribution in [-0.2, 0) is 26.5 Å². The number of hydrogen-bond acceptors (Lipinski definition) is 2. The van der Waals surface area contributed by atoms with Gasteiger partial charge in [0.2, 0.25) is 0 Å². The van der Waals surface area contributed by atoms with Gasteiger partial charge >= 0.3 is 21.7 Å². The van der Waals surface area contributed by atoms with Gasteiger partial charge in [-0.2, -0.15) is 0 Å². The minimum Gasteiger partial charge on any atom is -1.00 e. The van der Waals surface area contributed by atoms with E-state index >= 15 is 0 Å². The molecule has 0 fully saturated rings. The number of halogens is 3. The van der Waals surface area contributed by atoms with E-state index in [-0.39, 0.29) is 71.2 Å². The number of carbonyl (C=O) groups is 1. The van der Waals surface area contributed by atoms with Gasteiger partial charge in [0.25, 0.3) is 0 Å². The first-order valence-corrected chi connectivity index (χ1v) is 0.908. The summed E-state index contributed by atoms with van der Waals surface area (Å²) in [4.78, 5) is 8.89. The third-order valence-corrected chi connectivity index (χ3v) is 0. The van der Waals surface area contributed by atoms with Gasteiger partial charge in [-0.3, -0.25) is 0 Å². The molecule has 0 bridgehead atoms. The van der Waals surface area contributed by atoms with Crippen LogP contribution in [0.15, 0.2) is 0 Å². The van der Waals surface area contributed by atoms with Gasteiger partial charge in [0.15, 0.2) is 0 Å². The maximum absolute atomic E-state index is 8.89. The summed E-state index contributed by atoms with van der Waals surface area (Å²) in [5.74, 6) is -1.08. The van der Waals surface area contributed by atoms with Crippen LogP contribution in [0.1, 0.15) is 6.92 Å². The van der Waals surface area contributed by atoms with Gasteiger partial charge in [0.1, 0.15) is 0 Å². The van der Waals surface area contributed by atoms with Crippen LogP contribution in [-0.4, -0.2) is 5.97 Å². The molecule has 0 aliphatic heterocycles. The predicted octanol–water partition coefficient (Wildman–Crippen LogP) is -9.48. The summed E-state index contributed by atoms with van der Waals surface area (Å²) in [7, 11) is 0. The Kier molecular flexibility index (Phi) is 352. The number of carboxylic acids is 1. The first-order valence-electron chi connectivity index (χ1n) is 0.908. The van der Waals surface area contributed by atoms with Crippen LogP contribution < -0.4 is 54.6 Å². The summed E-state index contributed by atoms with van der Waals surface area (Å²) in [6, 6.07) is 0. The van der Waals surface area contributed by atoms with Gasteiger partial charge in [-0.05, 0) is 6.92 Å². The molecule has 0 heterocycles. The maximum atomic E-state index is 8.89. The zero-order valence-corrected chi connectivity index (χ0v) is 9.78. The van der Waals surface area contributed by atoms with E-state index in [9.17, 15) is 0 Å². The molecule has 0 spiro atoms. The minimum atomic E-state index is -1.08. The third kappa shape index (κ3) is 601. The molecular weight excluding hydrogens is 238 g/mol. The molecule has 0 aliphatic rings. The van der Waals surface area contributed by atoms with Crippen molar-refractivity contribution in [1.29, 1.82) is 0 Å². The molecule has 0 unspecified atom stereocenters. The van der Waals surface area contributed by atoms with Crippen molar-refractivity contribution in [3.8, 4) is 0 Å². The number of quaternary nitrogens is 2. The van der Waals surface area contributed by atoms with Crippen molar-refractivity contribution >= 4 is 5.97 Å². The van der Waals surface area contributed by atoms with Crippen LogP contribution in [0.25, 0.3) is 0 Å². The molecule has 0 atom stereocenters. The average molecular weight is 249 g/mol. The molecule has 66 valence electrons. The Balaban J connectivity index is -0.00000000300. The van der Waals surface area contributed by atoms with Crippen LogP contribution in [0, 0.1) is 0 Å². The Labute approximate surface area is 93.8 Å². The zero-order valence-electron chi connectivity index (χ0n) is 5.95. The van der Waals surface area contributed by atoms with Gasteiger partial charge < -0.3 is 59.4 Å². The Bertz CT molecular complexity index is 45.5. The second-order valence-corrected chi connectivity index (χ2v) is 0.492. The van der Waals surface area contributed by atoms with E-state index in [1.165, 1.54) is 0 Å². The molecule has 0 aliphatic carbocycles. The van der Waals surface area contributed by atoms with Crippen LogP contribution in [0.5, 0.6) is 0 Å². The summed E-state index contributed by atoms with van der Waals surface area (Å²) in [6.07, 6.45) is 0. The normalized spacial score (nSPS) is 2.50. The quantitative estimate of drug-likeness (QED) is 0.415. The van der Waals surface area contributed by atoms with Crippen molar-refractivity contribution in [2.75, 3.05) is 0 Å². The first kappa shape index (κ1) is 69.1. The Morgan fingerprint density at radius 3 is 1.10 bits per heavy atom. The number of carboxylic acid groups (broad SMARTS) is 1. The van der Waals surface area contributed by atoms with Crippen molar-refractivity contribution < 1.29 is 68.8 Å². The fourth-order valence-electron chi connectivity index (χ4n) is 0. The Morgan fingerprint density at radius 2 is 1.10 bits per heavy atom. The fraction of sp³-hybridized carbons (Fsp3) is 0.500. The average Bonchev–Trinajstić information content (AvgIpc) is 0.811. The summed E-state index contributed by atoms with van der Waals surface area (Å²) in [5, 5.41) is 8.89. The van der Waals surface area contributed by atoms with Crippen molar-refractivity contribution in [2.45, 2.75) is 6.92 Å². The first-order chi connectivity index (χ1) is 1.73. The standard InChI is InChI=1S/C2H4O2.3ClH.2H3N.Ti/c1-2(3)4;;;;;;/h1H3,(H,3,4);3*1H;2*1H3;/q;;;;;;+2/p-2. The van der Waals surface area contributed by atoms with Gasteiger partial charge in [-0.15, -0.1) is 0 Å². The predicted molar refractivity (Wildman–Crippen MR) is 22.7 cm³/mol. The van der Waals surface area contributed by atoms with E-state index in [2.05, 4.69) is 0 Å². The van der Waals surface area contributed by atoms with Crippen LogP contribution >= 0.6 is 0 Å². The number of carbonyl (C=O) groups excluding carboxylic acids is 1. The van der Waals surface area contributed by atoms with E-state index < -0.39 is 5.97 Å². The third-order valence-electron chi connectivity index (χ3n) is 0. The fourth-order valence-corrected chi connectivity index (χ4v) is 0. The SMILES string of the molecule is CC(=O)[O-].[Cl-].[Cl-].[Cl-].[NH4+].[NH4+].[Ti+2]. The molecule has 0 aromatic heterocycles. The summed E-state index contributed by atoms with van der Waals surface area (Å²) in [5.41, 5.74) is 0. The largest absolute Gasteiger partial charge is 2.00 e. The van der Waals surface area contributed by atoms with Gasteiger partial charge in [0.05, 0.1) is 0 Å². The monoisotopic (exact) mass is 248 g/mol. The number of aliphatic carboxylic acids is 1. The summed E-state index contributed by atoms with van der Waals surface area (Å²) < 4.78 is 0. The van der Waals surface area contributed by atoms with E-state index in [0.29, 0.717) is 0 Å². The molecule has 0 amide bonds. The van der Waals surface area contributed by atoms with E-state index in [1.807, 2.05) is 0 Å². The molecule has 0 saturated carbocycles. The van der Waals surface area contributed by atoms with Crippen molar-refractivity contribution in [3.63, 3.8) is 0 Å². The van der Waals surface area contributed by atoms with Crippen molar-refractivity contribution in [3.05, 3.63) is 0 Å². The molecule has 0 rings (SSSR count). The van der Waals surface area contributed by atoms with E-state index in [4.69, 9.17) is 9.90 Å². The molecule has 4 nitrogen and oxygen atoms in total. The van der Waals surface area contributed by atoms with Crippen molar-refractivity contribution in [1.82, 2.24) is 12.3 Å². The molecule has 8 N–H and O–H groups in total. The molecule has 0 radical (unpaired) electrons. The maximum Gasteiger partial charge on any atom is 2.00 e. The molecule has 10 heavy (non-hydrogen) atoms. The van der Waals surface area contributed by atoms with Crippen LogP contribution in [0.4, 0.5) is 0 Å². The molecule has 0 aromatic rings. The Morgan fingerprint density at radius 1 is 1.10 bits per heavy atom. The zero-order chi connectivity index (χ0) is 3.58.